The Labute approximate surface area is 101 Å². The molecule has 1 N–H and O–H groups in total. The van der Waals surface area contributed by atoms with Crippen LogP contribution in [0.3, 0.4) is 0 Å². The molecule has 16 heavy (non-hydrogen) atoms. The van der Waals surface area contributed by atoms with E-state index in [1.807, 2.05) is 6.07 Å². The van der Waals surface area contributed by atoms with Gasteiger partial charge in [0.05, 0.1) is 4.88 Å². The summed E-state index contributed by atoms with van der Waals surface area (Å²) >= 11 is 1.63. The average Bonchev–Trinajstić information content (AvgIpc) is 3.02. The van der Waals surface area contributed by atoms with Crippen LogP contribution in [0.15, 0.2) is 6.07 Å². The van der Waals surface area contributed by atoms with Crippen molar-refractivity contribution < 1.29 is 4.79 Å². The van der Waals surface area contributed by atoms with Gasteiger partial charge in [0.25, 0.3) is 5.91 Å². The fraction of sp³-hybridized carbons (Fsp3) is 0.615. The van der Waals surface area contributed by atoms with Crippen LogP contribution in [0.1, 0.15) is 46.8 Å². The van der Waals surface area contributed by atoms with Crippen molar-refractivity contribution in [2.45, 2.75) is 46.1 Å². The summed E-state index contributed by atoms with van der Waals surface area (Å²) < 4.78 is 0. The Morgan fingerprint density at radius 3 is 2.81 bits per heavy atom. The monoisotopic (exact) mass is 237 g/mol. The molecule has 0 spiro atoms. The molecule has 0 aliphatic heterocycles. The Balaban J connectivity index is 2.02. The molecule has 1 heterocycles. The number of carbonyl (C=O) groups excluding carboxylic acids is 1. The normalized spacial score (nSPS) is 17.2. The highest BCUT2D eigenvalue weighted by Gasteiger charge is 2.29. The first-order valence-electron chi connectivity index (χ1n) is 6.02. The van der Waals surface area contributed by atoms with Crippen molar-refractivity contribution >= 4 is 17.2 Å². The molecule has 1 unspecified atom stereocenters. The third kappa shape index (κ3) is 2.46. The van der Waals surface area contributed by atoms with Gasteiger partial charge in [-0.25, -0.2) is 0 Å². The minimum Gasteiger partial charge on any atom is -0.349 e. The van der Waals surface area contributed by atoms with Crippen molar-refractivity contribution in [3.63, 3.8) is 0 Å². The number of aryl methyl sites for hydroxylation is 2. The third-order valence-electron chi connectivity index (χ3n) is 3.25. The smallest absolute Gasteiger partial charge is 0.261 e. The first-order chi connectivity index (χ1) is 7.61. The first kappa shape index (κ1) is 11.6. The molecule has 1 aromatic heterocycles. The Hall–Kier alpha value is -0.830. The number of hydrogen-bond acceptors (Lipinski definition) is 2. The zero-order chi connectivity index (χ0) is 11.7. The van der Waals surface area contributed by atoms with Crippen LogP contribution in [0.5, 0.6) is 0 Å². The number of rotatable bonds is 4. The van der Waals surface area contributed by atoms with Gasteiger partial charge < -0.3 is 5.32 Å². The topological polar surface area (TPSA) is 29.1 Å². The minimum absolute atomic E-state index is 0.104. The van der Waals surface area contributed by atoms with Crippen LogP contribution in [0.2, 0.25) is 0 Å². The van der Waals surface area contributed by atoms with E-state index in [0.717, 1.165) is 17.2 Å². The maximum atomic E-state index is 12.0. The lowest BCUT2D eigenvalue weighted by Gasteiger charge is -2.11. The molecule has 3 heteroatoms. The largest absolute Gasteiger partial charge is 0.349 e. The number of carbonyl (C=O) groups is 1. The molecule has 1 amide bonds. The highest BCUT2D eigenvalue weighted by Crippen LogP contribution is 2.32. The van der Waals surface area contributed by atoms with Gasteiger partial charge in [0.2, 0.25) is 0 Å². The average molecular weight is 237 g/mol. The van der Waals surface area contributed by atoms with E-state index in [2.05, 4.69) is 26.1 Å². The maximum absolute atomic E-state index is 12.0. The summed E-state index contributed by atoms with van der Waals surface area (Å²) in [5, 5.41) is 3.09. The molecular formula is C13H19NOS. The molecule has 2 nitrogen and oxygen atoms in total. The summed E-state index contributed by atoms with van der Waals surface area (Å²) in [5.41, 5.74) is 1.25. The molecule has 0 aromatic carbocycles. The molecule has 1 aliphatic carbocycles. The number of amides is 1. The molecule has 1 aromatic rings. The summed E-state index contributed by atoms with van der Waals surface area (Å²) in [6.07, 6.45) is 3.55. The minimum atomic E-state index is 0.104. The first-order valence-corrected chi connectivity index (χ1v) is 6.83. The lowest BCUT2D eigenvalue weighted by atomic mass is 10.2. The van der Waals surface area contributed by atoms with E-state index in [-0.39, 0.29) is 5.91 Å². The van der Waals surface area contributed by atoms with Crippen LogP contribution < -0.4 is 5.32 Å². The van der Waals surface area contributed by atoms with Gasteiger partial charge in [0, 0.05) is 10.9 Å². The number of nitrogens with one attached hydrogen (secondary N) is 1. The lowest BCUT2D eigenvalue weighted by Crippen LogP contribution is -2.33. The predicted molar refractivity (Wildman–Crippen MR) is 68.1 cm³/mol. The molecule has 1 saturated carbocycles. The number of thiophene rings is 1. The fourth-order valence-corrected chi connectivity index (χ4v) is 2.99. The van der Waals surface area contributed by atoms with E-state index in [9.17, 15) is 4.79 Å². The second-order valence-corrected chi connectivity index (χ2v) is 5.81. The lowest BCUT2D eigenvalue weighted by molar-refractivity contribution is 0.0940. The van der Waals surface area contributed by atoms with Gasteiger partial charge in [-0.05, 0) is 50.7 Å². The van der Waals surface area contributed by atoms with E-state index in [1.165, 1.54) is 23.3 Å². The SMILES string of the molecule is CCc1sc(C(=O)NC(C)C2CC2)cc1C. The second kappa shape index (κ2) is 4.58. The van der Waals surface area contributed by atoms with Crippen LogP contribution in [0.4, 0.5) is 0 Å². The molecule has 88 valence electrons. The van der Waals surface area contributed by atoms with Gasteiger partial charge in [-0.15, -0.1) is 11.3 Å². The zero-order valence-corrected chi connectivity index (χ0v) is 11.0. The molecule has 2 rings (SSSR count). The Kier molecular flexibility index (Phi) is 3.33. The quantitative estimate of drug-likeness (QED) is 0.856. The van der Waals surface area contributed by atoms with Crippen molar-refractivity contribution in [3.8, 4) is 0 Å². The van der Waals surface area contributed by atoms with Crippen molar-refractivity contribution in [1.29, 1.82) is 0 Å². The molecule has 0 radical (unpaired) electrons. The van der Waals surface area contributed by atoms with Gasteiger partial charge in [0.15, 0.2) is 0 Å². The molecule has 1 fully saturated rings. The van der Waals surface area contributed by atoms with E-state index in [1.54, 1.807) is 11.3 Å². The second-order valence-electron chi connectivity index (χ2n) is 4.67. The Bertz CT molecular complexity index is 393. The van der Waals surface area contributed by atoms with E-state index in [4.69, 9.17) is 0 Å². The van der Waals surface area contributed by atoms with Crippen molar-refractivity contribution in [2.24, 2.45) is 5.92 Å². The third-order valence-corrected chi connectivity index (χ3v) is 4.63. The van der Waals surface area contributed by atoms with Crippen LogP contribution in [-0.2, 0) is 6.42 Å². The van der Waals surface area contributed by atoms with Gasteiger partial charge >= 0.3 is 0 Å². The fourth-order valence-electron chi connectivity index (χ4n) is 1.97. The summed E-state index contributed by atoms with van der Waals surface area (Å²) in [5.74, 6) is 0.822. The molecule has 1 atom stereocenters. The summed E-state index contributed by atoms with van der Waals surface area (Å²) in [6, 6.07) is 2.35. The zero-order valence-electron chi connectivity index (χ0n) is 10.2. The van der Waals surface area contributed by atoms with Crippen LogP contribution in [-0.4, -0.2) is 11.9 Å². The van der Waals surface area contributed by atoms with E-state index >= 15 is 0 Å². The Morgan fingerprint density at radius 2 is 2.31 bits per heavy atom. The van der Waals surface area contributed by atoms with Crippen molar-refractivity contribution in [2.75, 3.05) is 0 Å². The predicted octanol–water partition coefficient (Wildman–Crippen LogP) is 3.15. The molecular weight excluding hydrogens is 218 g/mol. The van der Waals surface area contributed by atoms with Crippen LogP contribution in [0.25, 0.3) is 0 Å². The summed E-state index contributed by atoms with van der Waals surface area (Å²) in [7, 11) is 0. The van der Waals surface area contributed by atoms with Gasteiger partial charge in [0.1, 0.15) is 0 Å². The highest BCUT2D eigenvalue weighted by molar-refractivity contribution is 7.14. The summed E-state index contributed by atoms with van der Waals surface area (Å²) in [6.45, 7) is 6.32. The van der Waals surface area contributed by atoms with Gasteiger partial charge in [-0.2, -0.15) is 0 Å². The van der Waals surface area contributed by atoms with E-state index < -0.39 is 0 Å². The van der Waals surface area contributed by atoms with Crippen molar-refractivity contribution in [3.05, 3.63) is 21.4 Å². The molecule has 0 saturated heterocycles. The van der Waals surface area contributed by atoms with Crippen molar-refractivity contribution in [1.82, 2.24) is 5.32 Å². The van der Waals surface area contributed by atoms with Crippen LogP contribution >= 0.6 is 11.3 Å². The van der Waals surface area contributed by atoms with E-state index in [0.29, 0.717) is 6.04 Å². The van der Waals surface area contributed by atoms with Crippen LogP contribution in [0, 0.1) is 12.8 Å². The molecule has 1 aliphatic rings. The van der Waals surface area contributed by atoms with Gasteiger partial charge in [-0.1, -0.05) is 6.92 Å². The summed E-state index contributed by atoms with van der Waals surface area (Å²) in [4.78, 5) is 14.2. The highest BCUT2D eigenvalue weighted by atomic mass is 32.1. The standard InChI is InChI=1S/C13H19NOS/c1-4-11-8(2)7-12(16-11)13(15)14-9(3)10-5-6-10/h7,9-10H,4-6H2,1-3H3,(H,14,15). The van der Waals surface area contributed by atoms with Gasteiger partial charge in [-0.3, -0.25) is 4.79 Å². The molecule has 0 bridgehead atoms. The Morgan fingerprint density at radius 1 is 1.62 bits per heavy atom. The maximum Gasteiger partial charge on any atom is 0.261 e. The number of hydrogen-bond donors (Lipinski definition) is 1.